The van der Waals surface area contributed by atoms with Crippen LogP contribution in [-0.4, -0.2) is 53.5 Å². The molecule has 1 aromatic rings. The third-order valence-electron chi connectivity index (χ3n) is 5.49. The number of fused-ring (bicyclic) bond motifs is 1. The molecule has 4 rings (SSSR count). The van der Waals surface area contributed by atoms with Crippen molar-refractivity contribution in [3.8, 4) is 0 Å². The van der Waals surface area contributed by atoms with Gasteiger partial charge in [-0.2, -0.15) is 0 Å². The van der Waals surface area contributed by atoms with Crippen molar-refractivity contribution < 1.29 is 9.59 Å². The molecule has 128 valence electrons. The van der Waals surface area contributed by atoms with Crippen LogP contribution in [0.4, 0.5) is 0 Å². The van der Waals surface area contributed by atoms with Gasteiger partial charge < -0.3 is 9.80 Å². The fourth-order valence-corrected chi connectivity index (χ4v) is 4.74. The topological polar surface area (TPSA) is 40.6 Å². The quantitative estimate of drug-likeness (QED) is 0.828. The Kier molecular flexibility index (Phi) is 4.53. The number of hydrogen-bond acceptors (Lipinski definition) is 3. The standard InChI is InChI=1S/C19H24N2O2S/c22-18(14-3-1-4-14)20-8-10-21(11-9-20)19(23)16-6-7-17-15(13-16)5-2-12-24-17/h6-7,13-14H,1-5,8-12H2. The van der Waals surface area contributed by atoms with Crippen molar-refractivity contribution >= 4 is 23.6 Å². The lowest BCUT2D eigenvalue weighted by Crippen LogP contribution is -2.52. The second-order valence-corrected chi connectivity index (χ2v) is 8.16. The maximum absolute atomic E-state index is 12.8. The first-order valence-electron chi connectivity index (χ1n) is 9.06. The second-order valence-electron chi connectivity index (χ2n) is 7.02. The Labute approximate surface area is 147 Å². The fraction of sp³-hybridized carbons (Fsp3) is 0.579. The molecule has 0 bridgehead atoms. The van der Waals surface area contributed by atoms with Crippen LogP contribution >= 0.6 is 11.8 Å². The van der Waals surface area contributed by atoms with E-state index in [1.807, 2.05) is 27.6 Å². The Hall–Kier alpha value is -1.49. The van der Waals surface area contributed by atoms with Crippen molar-refractivity contribution in [2.75, 3.05) is 31.9 Å². The Morgan fingerprint density at radius 1 is 1.00 bits per heavy atom. The molecule has 0 aromatic heterocycles. The molecule has 1 saturated heterocycles. The molecule has 24 heavy (non-hydrogen) atoms. The number of benzene rings is 1. The van der Waals surface area contributed by atoms with Gasteiger partial charge in [-0.1, -0.05) is 6.42 Å². The van der Waals surface area contributed by atoms with E-state index in [1.165, 1.54) is 29.1 Å². The average Bonchev–Trinajstić information content (AvgIpc) is 2.59. The van der Waals surface area contributed by atoms with Crippen LogP contribution in [0.1, 0.15) is 41.6 Å². The first-order chi connectivity index (χ1) is 11.7. The maximum Gasteiger partial charge on any atom is 0.253 e. The number of nitrogens with zero attached hydrogens (tertiary/aromatic N) is 2. The Morgan fingerprint density at radius 3 is 2.46 bits per heavy atom. The van der Waals surface area contributed by atoms with E-state index in [0.717, 1.165) is 24.8 Å². The van der Waals surface area contributed by atoms with E-state index in [0.29, 0.717) is 32.1 Å². The molecule has 0 spiro atoms. The zero-order valence-corrected chi connectivity index (χ0v) is 14.8. The molecule has 2 fully saturated rings. The smallest absolute Gasteiger partial charge is 0.253 e. The molecule has 2 aliphatic heterocycles. The molecule has 2 heterocycles. The van der Waals surface area contributed by atoms with Gasteiger partial charge in [0.15, 0.2) is 0 Å². The minimum Gasteiger partial charge on any atom is -0.339 e. The molecule has 0 atom stereocenters. The van der Waals surface area contributed by atoms with E-state index >= 15 is 0 Å². The molecule has 1 aromatic carbocycles. The van der Waals surface area contributed by atoms with Gasteiger partial charge in [-0.05, 0) is 55.2 Å². The summed E-state index contributed by atoms with van der Waals surface area (Å²) in [6, 6.07) is 6.14. The highest BCUT2D eigenvalue weighted by atomic mass is 32.2. The molecular formula is C19H24N2O2S. The van der Waals surface area contributed by atoms with Crippen LogP contribution in [0.5, 0.6) is 0 Å². The maximum atomic E-state index is 12.8. The van der Waals surface area contributed by atoms with Crippen LogP contribution in [-0.2, 0) is 11.2 Å². The van der Waals surface area contributed by atoms with Gasteiger partial charge in [0, 0.05) is 42.6 Å². The van der Waals surface area contributed by atoms with Crippen LogP contribution in [0.25, 0.3) is 0 Å². The van der Waals surface area contributed by atoms with E-state index in [1.54, 1.807) is 0 Å². The van der Waals surface area contributed by atoms with Gasteiger partial charge in [-0.3, -0.25) is 9.59 Å². The van der Waals surface area contributed by atoms with Gasteiger partial charge in [-0.25, -0.2) is 0 Å². The predicted octanol–water partition coefficient (Wildman–Crippen LogP) is 2.81. The number of thioether (sulfide) groups is 1. The molecule has 0 radical (unpaired) electrons. The van der Waals surface area contributed by atoms with Gasteiger partial charge in [0.2, 0.25) is 5.91 Å². The van der Waals surface area contributed by atoms with Crippen molar-refractivity contribution in [1.82, 2.24) is 9.80 Å². The zero-order valence-electron chi connectivity index (χ0n) is 14.0. The van der Waals surface area contributed by atoms with Crippen molar-refractivity contribution in [3.63, 3.8) is 0 Å². The lowest BCUT2D eigenvalue weighted by atomic mass is 9.84. The van der Waals surface area contributed by atoms with Gasteiger partial charge >= 0.3 is 0 Å². The van der Waals surface area contributed by atoms with Crippen molar-refractivity contribution in [2.24, 2.45) is 5.92 Å². The minimum atomic E-state index is 0.115. The molecule has 2 amide bonds. The summed E-state index contributed by atoms with van der Waals surface area (Å²) in [6.07, 6.45) is 5.55. The second kappa shape index (κ2) is 6.79. The molecular weight excluding hydrogens is 320 g/mol. The van der Waals surface area contributed by atoms with Gasteiger partial charge in [0.25, 0.3) is 5.91 Å². The summed E-state index contributed by atoms with van der Waals surface area (Å²) >= 11 is 1.89. The number of carbonyl (C=O) groups excluding carboxylic acids is 2. The van der Waals surface area contributed by atoms with Crippen molar-refractivity contribution in [1.29, 1.82) is 0 Å². The van der Waals surface area contributed by atoms with Crippen molar-refractivity contribution in [3.05, 3.63) is 29.3 Å². The molecule has 0 unspecified atom stereocenters. The van der Waals surface area contributed by atoms with Gasteiger partial charge in [0.05, 0.1) is 0 Å². The third kappa shape index (κ3) is 3.06. The first kappa shape index (κ1) is 16.0. The third-order valence-corrected chi connectivity index (χ3v) is 6.69. The number of piperazine rings is 1. The van der Waals surface area contributed by atoms with Crippen LogP contribution in [0.3, 0.4) is 0 Å². The summed E-state index contributed by atoms with van der Waals surface area (Å²) in [5.41, 5.74) is 2.12. The van der Waals surface area contributed by atoms with E-state index in [9.17, 15) is 9.59 Å². The molecule has 1 saturated carbocycles. The van der Waals surface area contributed by atoms with Crippen LogP contribution in [0, 0.1) is 5.92 Å². The number of aryl methyl sites for hydroxylation is 1. The molecule has 0 N–H and O–H groups in total. The average molecular weight is 344 g/mol. The highest BCUT2D eigenvalue weighted by molar-refractivity contribution is 7.99. The van der Waals surface area contributed by atoms with E-state index in [-0.39, 0.29) is 11.8 Å². The van der Waals surface area contributed by atoms with Crippen LogP contribution < -0.4 is 0 Å². The molecule has 3 aliphatic rings. The lowest BCUT2D eigenvalue weighted by Gasteiger charge is -2.38. The summed E-state index contributed by atoms with van der Waals surface area (Å²) in [7, 11) is 0. The largest absolute Gasteiger partial charge is 0.339 e. The normalized spacial score (nSPS) is 21.2. The number of carbonyl (C=O) groups is 2. The lowest BCUT2D eigenvalue weighted by molar-refractivity contribution is -0.139. The van der Waals surface area contributed by atoms with Crippen LogP contribution in [0.2, 0.25) is 0 Å². The van der Waals surface area contributed by atoms with Gasteiger partial charge in [0.1, 0.15) is 0 Å². The molecule has 5 heteroatoms. The minimum absolute atomic E-state index is 0.115. The summed E-state index contributed by atoms with van der Waals surface area (Å²) in [5, 5.41) is 0. The van der Waals surface area contributed by atoms with E-state index in [2.05, 4.69) is 12.1 Å². The van der Waals surface area contributed by atoms with Crippen molar-refractivity contribution in [2.45, 2.75) is 37.0 Å². The predicted molar refractivity (Wildman–Crippen MR) is 95.3 cm³/mol. The fourth-order valence-electron chi connectivity index (χ4n) is 3.72. The summed E-state index contributed by atoms with van der Waals surface area (Å²) in [4.78, 5) is 30.3. The number of amides is 2. The summed E-state index contributed by atoms with van der Waals surface area (Å²) in [6.45, 7) is 2.68. The van der Waals surface area contributed by atoms with E-state index in [4.69, 9.17) is 0 Å². The summed E-state index contributed by atoms with van der Waals surface area (Å²) < 4.78 is 0. The number of rotatable bonds is 2. The van der Waals surface area contributed by atoms with Gasteiger partial charge in [-0.15, -0.1) is 11.8 Å². The monoisotopic (exact) mass is 344 g/mol. The highest BCUT2D eigenvalue weighted by Crippen LogP contribution is 2.31. The first-order valence-corrected chi connectivity index (χ1v) is 10.0. The SMILES string of the molecule is O=C(c1ccc2c(c1)CCCS2)N1CCN(C(=O)C2CCC2)CC1. The molecule has 1 aliphatic carbocycles. The Bertz CT molecular complexity index is 649. The zero-order chi connectivity index (χ0) is 16.5. The Morgan fingerprint density at radius 2 is 1.75 bits per heavy atom. The molecule has 4 nitrogen and oxygen atoms in total. The van der Waals surface area contributed by atoms with Crippen LogP contribution in [0.15, 0.2) is 23.1 Å². The number of hydrogen-bond donors (Lipinski definition) is 0. The summed E-state index contributed by atoms with van der Waals surface area (Å²) in [5.74, 6) is 1.85. The highest BCUT2D eigenvalue weighted by Gasteiger charge is 2.32. The van der Waals surface area contributed by atoms with E-state index < -0.39 is 0 Å². The Balaban J connectivity index is 1.38.